The molecule has 0 aromatic rings. The van der Waals surface area contributed by atoms with Crippen LogP contribution in [0.3, 0.4) is 0 Å². The normalized spacial score (nSPS) is 23.8. The van der Waals surface area contributed by atoms with Gasteiger partial charge in [0.15, 0.2) is 5.17 Å². The van der Waals surface area contributed by atoms with Crippen molar-refractivity contribution >= 4 is 23.0 Å². The summed E-state index contributed by atoms with van der Waals surface area (Å²) in [5, 5.41) is 20.2. The van der Waals surface area contributed by atoms with Gasteiger partial charge >= 0.3 is 6.09 Å². The first-order valence-electron chi connectivity index (χ1n) is 5.67. The predicted molar refractivity (Wildman–Crippen MR) is 70.8 cm³/mol. The zero-order valence-corrected chi connectivity index (χ0v) is 11.6. The van der Waals surface area contributed by atoms with Gasteiger partial charge in [0.25, 0.3) is 0 Å². The van der Waals surface area contributed by atoms with Crippen LogP contribution in [0.2, 0.25) is 0 Å². The molecule has 1 fully saturated rings. The molecule has 0 spiro atoms. The number of carbonyl (C=O) groups is 1. The monoisotopic (exact) mass is 259 g/mol. The third-order valence-electron chi connectivity index (χ3n) is 2.95. The molecule has 0 saturated heterocycles. The smallest absolute Gasteiger partial charge is 0.407 e. The molecular weight excluding hydrogens is 238 g/mol. The molecule has 1 aliphatic rings. The summed E-state index contributed by atoms with van der Waals surface area (Å²) in [4.78, 5) is 12.7. The van der Waals surface area contributed by atoms with Crippen LogP contribution in [0.5, 0.6) is 0 Å². The molecule has 98 valence electrons. The molecule has 1 amide bonds. The fourth-order valence-corrected chi connectivity index (χ4v) is 2.44. The summed E-state index contributed by atoms with van der Waals surface area (Å²) >= 11 is 1.37. The van der Waals surface area contributed by atoms with Gasteiger partial charge in [0.05, 0.1) is 0 Å². The number of hydrogen-bond acceptors (Lipinski definition) is 3. The summed E-state index contributed by atoms with van der Waals surface area (Å²) < 4.78 is 0. The molecule has 0 radical (unpaired) electrons. The summed E-state index contributed by atoms with van der Waals surface area (Å²) in [6.07, 6.45) is 2.56. The molecule has 0 aromatic heterocycles. The quantitative estimate of drug-likeness (QED) is 0.525. The minimum absolute atomic E-state index is 0.0691. The largest absolute Gasteiger partial charge is 0.465 e. The molecule has 0 bridgehead atoms. The van der Waals surface area contributed by atoms with Crippen molar-refractivity contribution in [2.75, 3.05) is 6.26 Å². The van der Waals surface area contributed by atoms with Gasteiger partial charge < -0.3 is 15.3 Å². The number of nitrogens with zero attached hydrogens (tertiary/aromatic N) is 1. The number of thioether (sulfide) groups is 1. The number of hydrogen-bond donors (Lipinski definition) is 3. The highest BCUT2D eigenvalue weighted by molar-refractivity contribution is 8.13. The van der Waals surface area contributed by atoms with Gasteiger partial charge in [-0.25, -0.2) is 4.79 Å². The fourth-order valence-electron chi connectivity index (χ4n) is 2.15. The van der Waals surface area contributed by atoms with Gasteiger partial charge in [-0.15, -0.1) is 0 Å². The molecule has 1 aliphatic carbocycles. The van der Waals surface area contributed by atoms with E-state index >= 15 is 0 Å². The Bertz CT molecular complexity index is 308. The number of rotatable bonds is 2. The van der Waals surface area contributed by atoms with Crippen LogP contribution in [0.1, 0.15) is 33.6 Å². The lowest BCUT2D eigenvalue weighted by Crippen LogP contribution is -2.60. The van der Waals surface area contributed by atoms with Crippen LogP contribution in [0.15, 0.2) is 0 Å². The summed E-state index contributed by atoms with van der Waals surface area (Å²) in [7, 11) is 0. The van der Waals surface area contributed by atoms with Gasteiger partial charge in [-0.3, -0.25) is 5.41 Å². The third-order valence-corrected chi connectivity index (χ3v) is 3.47. The van der Waals surface area contributed by atoms with Crippen molar-refractivity contribution in [2.24, 2.45) is 0 Å². The molecule has 0 aliphatic heterocycles. The first kappa shape index (κ1) is 14.2. The number of amides is 1. The minimum Gasteiger partial charge on any atom is -0.465 e. The highest BCUT2D eigenvalue weighted by Crippen LogP contribution is 2.31. The Morgan fingerprint density at radius 2 is 2.00 bits per heavy atom. The molecule has 3 N–H and O–H groups in total. The van der Waals surface area contributed by atoms with E-state index in [4.69, 9.17) is 5.41 Å². The van der Waals surface area contributed by atoms with E-state index in [0.29, 0.717) is 5.17 Å². The van der Waals surface area contributed by atoms with Crippen LogP contribution in [-0.2, 0) is 0 Å². The maximum Gasteiger partial charge on any atom is 0.407 e. The van der Waals surface area contributed by atoms with Crippen molar-refractivity contribution < 1.29 is 9.90 Å². The van der Waals surface area contributed by atoms with Crippen molar-refractivity contribution in [2.45, 2.75) is 51.2 Å². The average molecular weight is 259 g/mol. The van der Waals surface area contributed by atoms with Crippen molar-refractivity contribution in [3.05, 3.63) is 0 Å². The zero-order valence-electron chi connectivity index (χ0n) is 10.8. The van der Waals surface area contributed by atoms with Crippen LogP contribution in [0.4, 0.5) is 4.79 Å². The number of carboxylic acid groups (broad SMARTS) is 1. The fraction of sp³-hybridized carbons (Fsp3) is 0.818. The van der Waals surface area contributed by atoms with Crippen LogP contribution < -0.4 is 5.32 Å². The van der Waals surface area contributed by atoms with E-state index in [2.05, 4.69) is 5.32 Å². The Morgan fingerprint density at radius 1 is 1.47 bits per heavy atom. The van der Waals surface area contributed by atoms with Gasteiger partial charge in [-0.1, -0.05) is 11.8 Å². The van der Waals surface area contributed by atoms with Crippen molar-refractivity contribution in [3.63, 3.8) is 0 Å². The maximum atomic E-state index is 11.2. The molecule has 0 unspecified atom stereocenters. The van der Waals surface area contributed by atoms with E-state index < -0.39 is 6.09 Å². The highest BCUT2D eigenvalue weighted by Gasteiger charge is 2.41. The van der Waals surface area contributed by atoms with Crippen LogP contribution in [0, 0.1) is 5.41 Å². The van der Waals surface area contributed by atoms with Gasteiger partial charge in [0.2, 0.25) is 0 Å². The number of nitrogens with one attached hydrogen (secondary N) is 2. The van der Waals surface area contributed by atoms with Crippen LogP contribution in [-0.4, -0.2) is 45.1 Å². The lowest BCUT2D eigenvalue weighted by atomic mass is 9.83. The SMILES string of the molecule is CSC(=N)N[C@H]1C[C@H](N(C(=O)O)C(C)(C)C)C1. The molecule has 6 heteroatoms. The van der Waals surface area contributed by atoms with Crippen LogP contribution in [0.25, 0.3) is 0 Å². The van der Waals surface area contributed by atoms with E-state index in [0.717, 1.165) is 12.8 Å². The van der Waals surface area contributed by atoms with Crippen molar-refractivity contribution in [3.8, 4) is 0 Å². The summed E-state index contributed by atoms with van der Waals surface area (Å²) in [5.74, 6) is 0. The number of amidine groups is 1. The third kappa shape index (κ3) is 3.52. The predicted octanol–water partition coefficient (Wildman–Crippen LogP) is 2.18. The van der Waals surface area contributed by atoms with E-state index in [9.17, 15) is 9.90 Å². The van der Waals surface area contributed by atoms with Crippen molar-refractivity contribution in [1.29, 1.82) is 5.41 Å². The summed E-state index contributed by atoms with van der Waals surface area (Å²) in [5.41, 5.74) is -0.367. The average Bonchev–Trinajstić information content (AvgIpc) is 2.11. The molecule has 0 aromatic carbocycles. The Morgan fingerprint density at radius 3 is 2.35 bits per heavy atom. The minimum atomic E-state index is -0.860. The zero-order chi connectivity index (χ0) is 13.2. The van der Waals surface area contributed by atoms with E-state index in [1.165, 1.54) is 16.7 Å². The molecular formula is C11H21N3O2S. The summed E-state index contributed by atoms with van der Waals surface area (Å²) in [6.45, 7) is 5.73. The molecule has 0 atom stereocenters. The lowest BCUT2D eigenvalue weighted by Gasteiger charge is -2.47. The first-order valence-corrected chi connectivity index (χ1v) is 6.89. The Hall–Kier alpha value is -0.910. The van der Waals surface area contributed by atoms with E-state index in [1.807, 2.05) is 27.0 Å². The molecule has 17 heavy (non-hydrogen) atoms. The molecule has 1 rings (SSSR count). The van der Waals surface area contributed by atoms with Gasteiger partial charge in [-0.05, 0) is 39.9 Å². The molecule has 0 heterocycles. The van der Waals surface area contributed by atoms with Gasteiger partial charge in [-0.2, -0.15) is 0 Å². The van der Waals surface area contributed by atoms with Crippen molar-refractivity contribution in [1.82, 2.24) is 10.2 Å². The van der Waals surface area contributed by atoms with Gasteiger partial charge in [0, 0.05) is 17.6 Å². The maximum absolute atomic E-state index is 11.2. The summed E-state index contributed by atoms with van der Waals surface area (Å²) in [6, 6.07) is 0.309. The Labute approximate surface area is 106 Å². The Balaban J connectivity index is 2.50. The standard InChI is InChI=1S/C11H21N3O2S/c1-11(2,3)14(10(15)16)8-5-7(6-8)13-9(12)17-4/h7-8H,5-6H2,1-4H3,(H2,12,13)(H,15,16)/t7-,8-. The van der Waals surface area contributed by atoms with E-state index in [-0.39, 0.29) is 17.6 Å². The second kappa shape index (κ2) is 5.16. The molecule has 1 saturated carbocycles. The van der Waals surface area contributed by atoms with E-state index in [1.54, 1.807) is 0 Å². The topological polar surface area (TPSA) is 76.4 Å². The van der Waals surface area contributed by atoms with Crippen LogP contribution >= 0.6 is 11.8 Å². The second-order valence-electron chi connectivity index (χ2n) is 5.32. The van der Waals surface area contributed by atoms with Gasteiger partial charge in [0.1, 0.15) is 0 Å². The first-order chi connectivity index (χ1) is 7.75. The Kier molecular flexibility index (Phi) is 4.30. The molecule has 5 nitrogen and oxygen atoms in total. The highest BCUT2D eigenvalue weighted by atomic mass is 32.2. The second-order valence-corrected chi connectivity index (χ2v) is 6.14. The lowest BCUT2D eigenvalue weighted by molar-refractivity contribution is 0.0322.